The summed E-state index contributed by atoms with van der Waals surface area (Å²) in [7, 11) is 3.20. The fraction of sp³-hybridized carbons (Fsp3) is 0.571. The van der Waals surface area contributed by atoms with Gasteiger partial charge in [0.05, 0.1) is 17.1 Å². The molecule has 6 nitrogen and oxygen atoms in total. The average Bonchev–Trinajstić information content (AvgIpc) is 2.46. The van der Waals surface area contributed by atoms with Crippen LogP contribution in [0.4, 0.5) is 10.1 Å². The number of nitro groups is 1. The van der Waals surface area contributed by atoms with E-state index in [2.05, 4.69) is 0 Å². The Labute approximate surface area is 122 Å². The highest BCUT2D eigenvalue weighted by atomic mass is 19.1. The number of ether oxygens (including phenoxy) is 3. The number of hydrogen-bond donors (Lipinski definition) is 0. The number of rotatable bonds is 5. The van der Waals surface area contributed by atoms with E-state index in [-0.39, 0.29) is 29.7 Å². The Balaban J connectivity index is 2.16. The zero-order valence-corrected chi connectivity index (χ0v) is 12.0. The molecule has 0 aromatic heterocycles. The summed E-state index contributed by atoms with van der Waals surface area (Å²) in [5.74, 6) is -0.630. The maximum Gasteiger partial charge on any atom is 0.311 e. The van der Waals surface area contributed by atoms with Crippen molar-refractivity contribution in [3.8, 4) is 5.75 Å². The zero-order chi connectivity index (χ0) is 15.4. The summed E-state index contributed by atoms with van der Waals surface area (Å²) >= 11 is 0. The predicted molar refractivity (Wildman–Crippen MR) is 72.9 cm³/mol. The van der Waals surface area contributed by atoms with Crippen molar-refractivity contribution in [3.05, 3.63) is 34.1 Å². The van der Waals surface area contributed by atoms with Gasteiger partial charge >= 0.3 is 5.69 Å². The molecule has 0 N–H and O–H groups in total. The Kier molecular flexibility index (Phi) is 5.08. The lowest BCUT2D eigenvalue weighted by Gasteiger charge is -2.33. The lowest BCUT2D eigenvalue weighted by molar-refractivity contribution is -0.386. The topological polar surface area (TPSA) is 70.8 Å². The van der Waals surface area contributed by atoms with Crippen LogP contribution in [0.15, 0.2) is 18.2 Å². The number of nitro benzene ring substituents is 1. The minimum Gasteiger partial charge on any atom is -0.483 e. The van der Waals surface area contributed by atoms with Crippen molar-refractivity contribution in [1.29, 1.82) is 0 Å². The zero-order valence-electron chi connectivity index (χ0n) is 12.0. The van der Waals surface area contributed by atoms with Crippen LogP contribution in [0, 0.1) is 15.9 Å². The average molecular weight is 299 g/mol. The van der Waals surface area contributed by atoms with Crippen molar-refractivity contribution in [3.63, 3.8) is 0 Å². The summed E-state index contributed by atoms with van der Waals surface area (Å²) in [6.45, 7) is 0. The normalized spacial score (nSPS) is 25.6. The number of methoxy groups -OCH3 is 2. The standard InChI is InChI=1S/C14H18FNO5/c1-19-10-6-11(20-2)8-12(7-10)21-14-5-9(15)3-4-13(14)16(17)18/h3-5,10-12H,6-8H2,1-2H3/t10-,11+,12-. The van der Waals surface area contributed by atoms with Gasteiger partial charge in [0.25, 0.3) is 0 Å². The monoisotopic (exact) mass is 299 g/mol. The predicted octanol–water partition coefficient (Wildman–Crippen LogP) is 2.70. The molecule has 0 unspecified atom stereocenters. The minimum atomic E-state index is -0.584. The highest BCUT2D eigenvalue weighted by molar-refractivity contribution is 5.46. The molecule has 0 bridgehead atoms. The van der Waals surface area contributed by atoms with Crippen LogP contribution in [-0.4, -0.2) is 37.5 Å². The summed E-state index contributed by atoms with van der Waals surface area (Å²) < 4.78 is 29.6. The first-order valence-electron chi connectivity index (χ1n) is 6.69. The van der Waals surface area contributed by atoms with Gasteiger partial charge in [-0.15, -0.1) is 0 Å². The van der Waals surface area contributed by atoms with E-state index in [0.717, 1.165) is 24.6 Å². The van der Waals surface area contributed by atoms with Gasteiger partial charge in [0.1, 0.15) is 11.9 Å². The lowest BCUT2D eigenvalue weighted by atomic mass is 9.92. The molecule has 1 aromatic carbocycles. The molecule has 0 heterocycles. The SMILES string of the molecule is CO[C@@H]1C[C@H](OC)C[C@H](Oc2cc(F)ccc2[N+](=O)[O-])C1. The van der Waals surface area contributed by atoms with Gasteiger partial charge in [-0.2, -0.15) is 0 Å². The highest BCUT2D eigenvalue weighted by Crippen LogP contribution is 2.32. The molecule has 1 aliphatic rings. The molecule has 116 valence electrons. The van der Waals surface area contributed by atoms with Gasteiger partial charge in [-0.3, -0.25) is 10.1 Å². The molecule has 1 saturated carbocycles. The number of halogens is 1. The van der Waals surface area contributed by atoms with E-state index in [1.807, 2.05) is 0 Å². The van der Waals surface area contributed by atoms with E-state index in [1.165, 1.54) is 0 Å². The Morgan fingerprint density at radius 1 is 1.14 bits per heavy atom. The number of hydrogen-bond acceptors (Lipinski definition) is 5. The van der Waals surface area contributed by atoms with Crippen molar-refractivity contribution in [2.24, 2.45) is 0 Å². The van der Waals surface area contributed by atoms with Gasteiger partial charge in [-0.1, -0.05) is 0 Å². The van der Waals surface area contributed by atoms with Gasteiger partial charge < -0.3 is 14.2 Å². The van der Waals surface area contributed by atoms with Crippen LogP contribution in [-0.2, 0) is 9.47 Å². The fourth-order valence-corrected chi connectivity index (χ4v) is 2.56. The van der Waals surface area contributed by atoms with Crippen LogP contribution in [0.2, 0.25) is 0 Å². The van der Waals surface area contributed by atoms with Crippen LogP contribution in [0.1, 0.15) is 19.3 Å². The molecule has 0 saturated heterocycles. The molecular weight excluding hydrogens is 281 g/mol. The second-order valence-corrected chi connectivity index (χ2v) is 5.03. The molecule has 2 rings (SSSR count). The highest BCUT2D eigenvalue weighted by Gasteiger charge is 2.31. The van der Waals surface area contributed by atoms with Gasteiger partial charge in [0.2, 0.25) is 0 Å². The smallest absolute Gasteiger partial charge is 0.311 e. The Bertz CT molecular complexity index is 498. The molecule has 0 amide bonds. The Morgan fingerprint density at radius 2 is 1.71 bits per heavy atom. The third-order valence-electron chi connectivity index (χ3n) is 3.66. The van der Waals surface area contributed by atoms with Crippen molar-refractivity contribution in [2.45, 2.75) is 37.6 Å². The molecule has 3 atom stereocenters. The maximum absolute atomic E-state index is 13.3. The summed E-state index contributed by atoms with van der Waals surface area (Å²) in [5.41, 5.74) is -0.245. The van der Waals surface area contributed by atoms with Crippen molar-refractivity contribution >= 4 is 5.69 Å². The number of benzene rings is 1. The van der Waals surface area contributed by atoms with Gasteiger partial charge in [0.15, 0.2) is 5.75 Å². The minimum absolute atomic E-state index is 0.0404. The van der Waals surface area contributed by atoms with Crippen molar-refractivity contribution in [1.82, 2.24) is 0 Å². The van der Waals surface area contributed by atoms with Gasteiger partial charge in [-0.25, -0.2) is 4.39 Å². The molecule has 0 radical (unpaired) electrons. The molecule has 1 fully saturated rings. The van der Waals surface area contributed by atoms with Gasteiger partial charge in [-0.05, 0) is 6.07 Å². The van der Waals surface area contributed by atoms with Crippen molar-refractivity contribution < 1.29 is 23.5 Å². The summed E-state index contributed by atoms with van der Waals surface area (Å²) in [5, 5.41) is 11.0. The van der Waals surface area contributed by atoms with E-state index in [4.69, 9.17) is 14.2 Å². The second kappa shape index (κ2) is 6.82. The molecule has 0 aliphatic heterocycles. The van der Waals surface area contributed by atoms with E-state index >= 15 is 0 Å². The third kappa shape index (κ3) is 3.89. The van der Waals surface area contributed by atoms with E-state index in [1.54, 1.807) is 14.2 Å². The van der Waals surface area contributed by atoms with Crippen LogP contribution in [0.5, 0.6) is 5.75 Å². The quantitative estimate of drug-likeness (QED) is 0.617. The molecule has 1 aromatic rings. The third-order valence-corrected chi connectivity index (χ3v) is 3.66. The first-order chi connectivity index (χ1) is 10.0. The number of nitrogens with zero attached hydrogens (tertiary/aromatic N) is 1. The van der Waals surface area contributed by atoms with Crippen LogP contribution in [0.3, 0.4) is 0 Å². The molecule has 21 heavy (non-hydrogen) atoms. The largest absolute Gasteiger partial charge is 0.483 e. The Hall–Kier alpha value is -1.73. The lowest BCUT2D eigenvalue weighted by Crippen LogP contribution is -2.38. The maximum atomic E-state index is 13.3. The molecule has 7 heteroatoms. The molecule has 1 aliphatic carbocycles. The summed E-state index contributed by atoms with van der Waals surface area (Å²) in [6.07, 6.45) is 1.53. The molecule has 0 spiro atoms. The van der Waals surface area contributed by atoms with E-state index < -0.39 is 10.7 Å². The van der Waals surface area contributed by atoms with Crippen molar-refractivity contribution in [2.75, 3.05) is 14.2 Å². The fourth-order valence-electron chi connectivity index (χ4n) is 2.56. The first kappa shape index (κ1) is 15.7. The van der Waals surface area contributed by atoms with E-state index in [0.29, 0.717) is 12.8 Å². The summed E-state index contributed by atoms with van der Waals surface area (Å²) in [6, 6.07) is 3.19. The van der Waals surface area contributed by atoms with Gasteiger partial charge in [0, 0.05) is 45.6 Å². The first-order valence-corrected chi connectivity index (χ1v) is 6.69. The van der Waals surface area contributed by atoms with E-state index in [9.17, 15) is 14.5 Å². The molecular formula is C14H18FNO5. The van der Waals surface area contributed by atoms with Crippen LogP contribution >= 0.6 is 0 Å². The van der Waals surface area contributed by atoms with Crippen LogP contribution in [0.25, 0.3) is 0 Å². The Morgan fingerprint density at radius 3 is 2.24 bits per heavy atom. The summed E-state index contributed by atoms with van der Waals surface area (Å²) in [4.78, 5) is 10.4. The second-order valence-electron chi connectivity index (χ2n) is 5.03. The van der Waals surface area contributed by atoms with Crippen LogP contribution < -0.4 is 4.74 Å².